The molecule has 2 N–H and O–H groups in total. The van der Waals surface area contributed by atoms with Crippen molar-refractivity contribution in [2.24, 2.45) is 5.92 Å². The van der Waals surface area contributed by atoms with Gasteiger partial charge in [0, 0.05) is 17.2 Å². The highest BCUT2D eigenvalue weighted by Crippen LogP contribution is 2.26. The van der Waals surface area contributed by atoms with Crippen molar-refractivity contribution >= 4 is 45.6 Å². The van der Waals surface area contributed by atoms with E-state index in [1.165, 1.54) is 23.1 Å². The zero-order chi connectivity index (χ0) is 19.9. The van der Waals surface area contributed by atoms with E-state index in [0.29, 0.717) is 22.9 Å². The molecule has 3 rings (SSSR count). The first-order valence-electron chi connectivity index (χ1n) is 8.68. The molecule has 0 fully saturated rings. The van der Waals surface area contributed by atoms with Gasteiger partial charge in [-0.2, -0.15) is 0 Å². The van der Waals surface area contributed by atoms with Crippen molar-refractivity contribution in [2.75, 3.05) is 16.4 Å². The van der Waals surface area contributed by atoms with Gasteiger partial charge < -0.3 is 15.1 Å². The Bertz CT molecular complexity index is 921. The number of hydrogen-bond acceptors (Lipinski definition) is 8. The van der Waals surface area contributed by atoms with Crippen molar-refractivity contribution in [1.82, 2.24) is 10.2 Å². The predicted molar refractivity (Wildman–Crippen MR) is 111 cm³/mol. The van der Waals surface area contributed by atoms with Crippen LogP contribution in [-0.4, -0.2) is 27.6 Å². The summed E-state index contributed by atoms with van der Waals surface area (Å²) in [7, 11) is 0. The van der Waals surface area contributed by atoms with E-state index in [0.717, 1.165) is 10.1 Å². The maximum Gasteiger partial charge on any atom is 0.226 e. The summed E-state index contributed by atoms with van der Waals surface area (Å²) in [5.74, 6) is 0.926. The number of carbonyl (C=O) groups excluding carboxylic acids is 2. The SMILES string of the molecule is CC(C)C(=O)Nc1ccc(C(=O)CSc2nnc(NCc3ccco3)s2)cc1. The summed E-state index contributed by atoms with van der Waals surface area (Å²) < 4.78 is 5.97. The smallest absolute Gasteiger partial charge is 0.226 e. The molecular weight excluding hydrogens is 396 g/mol. The number of thioether (sulfide) groups is 1. The lowest BCUT2D eigenvalue weighted by molar-refractivity contribution is -0.118. The maximum atomic E-state index is 12.4. The van der Waals surface area contributed by atoms with Gasteiger partial charge in [0.05, 0.1) is 18.6 Å². The van der Waals surface area contributed by atoms with E-state index >= 15 is 0 Å². The predicted octanol–water partition coefficient (Wildman–Crippen LogP) is 4.31. The van der Waals surface area contributed by atoms with Gasteiger partial charge in [-0.1, -0.05) is 36.9 Å². The zero-order valence-electron chi connectivity index (χ0n) is 15.5. The lowest BCUT2D eigenvalue weighted by Crippen LogP contribution is -2.17. The van der Waals surface area contributed by atoms with Crippen LogP contribution in [0, 0.1) is 5.92 Å². The molecule has 2 heterocycles. The van der Waals surface area contributed by atoms with E-state index in [2.05, 4.69) is 20.8 Å². The van der Waals surface area contributed by atoms with Crippen molar-refractivity contribution in [3.63, 3.8) is 0 Å². The highest BCUT2D eigenvalue weighted by atomic mass is 32.2. The van der Waals surface area contributed by atoms with Gasteiger partial charge in [0.2, 0.25) is 11.0 Å². The van der Waals surface area contributed by atoms with Crippen LogP contribution in [0.1, 0.15) is 30.0 Å². The zero-order valence-corrected chi connectivity index (χ0v) is 17.1. The third-order valence-electron chi connectivity index (χ3n) is 3.73. The molecule has 0 bridgehead atoms. The van der Waals surface area contributed by atoms with Gasteiger partial charge in [-0.25, -0.2) is 0 Å². The van der Waals surface area contributed by atoms with E-state index in [1.807, 2.05) is 26.0 Å². The topological polar surface area (TPSA) is 97.1 Å². The average molecular weight is 417 g/mol. The Morgan fingerprint density at radius 2 is 1.96 bits per heavy atom. The van der Waals surface area contributed by atoms with Crippen LogP contribution in [0.15, 0.2) is 51.4 Å². The fourth-order valence-corrected chi connectivity index (χ4v) is 3.79. The van der Waals surface area contributed by atoms with Crippen LogP contribution in [0.3, 0.4) is 0 Å². The number of nitrogens with one attached hydrogen (secondary N) is 2. The number of amides is 1. The molecule has 9 heteroatoms. The summed E-state index contributed by atoms with van der Waals surface area (Å²) >= 11 is 2.74. The monoisotopic (exact) mass is 416 g/mol. The Morgan fingerprint density at radius 1 is 1.18 bits per heavy atom. The molecule has 0 aliphatic rings. The first-order chi connectivity index (χ1) is 13.5. The molecule has 0 aliphatic carbocycles. The molecule has 3 aromatic rings. The molecule has 28 heavy (non-hydrogen) atoms. The molecule has 0 saturated heterocycles. The number of benzene rings is 1. The maximum absolute atomic E-state index is 12.4. The number of anilines is 2. The van der Waals surface area contributed by atoms with Gasteiger partial charge in [-0.15, -0.1) is 10.2 Å². The number of aromatic nitrogens is 2. The van der Waals surface area contributed by atoms with Crippen molar-refractivity contribution in [2.45, 2.75) is 24.7 Å². The van der Waals surface area contributed by atoms with Crippen molar-refractivity contribution in [3.05, 3.63) is 54.0 Å². The first-order valence-corrected chi connectivity index (χ1v) is 10.5. The van der Waals surface area contributed by atoms with Crippen LogP contribution in [0.5, 0.6) is 0 Å². The number of Topliss-reactive ketones (excluding diaryl/α,β-unsaturated/α-hetero) is 1. The van der Waals surface area contributed by atoms with Crippen molar-refractivity contribution in [3.8, 4) is 0 Å². The Kier molecular flexibility index (Phi) is 6.83. The first kappa shape index (κ1) is 20.1. The second-order valence-corrected chi connectivity index (χ2v) is 8.44. The van der Waals surface area contributed by atoms with E-state index in [9.17, 15) is 9.59 Å². The van der Waals surface area contributed by atoms with Crippen LogP contribution < -0.4 is 10.6 Å². The Hall–Kier alpha value is -2.65. The second-order valence-electron chi connectivity index (χ2n) is 6.24. The Balaban J connectivity index is 1.48. The highest BCUT2D eigenvalue weighted by Gasteiger charge is 2.12. The molecule has 1 aromatic carbocycles. The molecule has 0 atom stereocenters. The summed E-state index contributed by atoms with van der Waals surface area (Å²) in [6.45, 7) is 4.19. The normalized spacial score (nSPS) is 10.8. The van der Waals surface area contributed by atoms with Crippen molar-refractivity contribution < 1.29 is 14.0 Å². The molecule has 2 aromatic heterocycles. The fourth-order valence-electron chi connectivity index (χ4n) is 2.15. The van der Waals surface area contributed by atoms with Crippen molar-refractivity contribution in [1.29, 1.82) is 0 Å². The molecule has 7 nitrogen and oxygen atoms in total. The summed E-state index contributed by atoms with van der Waals surface area (Å²) in [6, 6.07) is 10.6. The van der Waals surface area contributed by atoms with Crippen LogP contribution >= 0.6 is 23.1 Å². The molecule has 0 spiro atoms. The third kappa shape index (κ3) is 5.67. The summed E-state index contributed by atoms with van der Waals surface area (Å²) in [4.78, 5) is 24.1. The molecule has 0 saturated carbocycles. The molecule has 0 radical (unpaired) electrons. The standard InChI is InChI=1S/C19H20N4O3S2/c1-12(2)17(25)21-14-7-5-13(6-8-14)16(24)11-27-19-23-22-18(28-19)20-10-15-4-3-9-26-15/h3-9,12H,10-11H2,1-2H3,(H,20,22)(H,21,25). The summed E-state index contributed by atoms with van der Waals surface area (Å²) in [6.07, 6.45) is 1.62. The van der Waals surface area contributed by atoms with E-state index < -0.39 is 0 Å². The van der Waals surface area contributed by atoms with Gasteiger partial charge in [-0.3, -0.25) is 9.59 Å². The van der Waals surface area contributed by atoms with Crippen LogP contribution in [0.25, 0.3) is 0 Å². The number of rotatable bonds is 9. The Morgan fingerprint density at radius 3 is 2.64 bits per heavy atom. The third-order valence-corrected chi connectivity index (χ3v) is 5.74. The molecule has 0 aliphatic heterocycles. The minimum absolute atomic E-state index is 0.00738. The van der Waals surface area contributed by atoms with Gasteiger partial charge in [-0.05, 0) is 36.4 Å². The van der Waals surface area contributed by atoms with Gasteiger partial charge in [0.15, 0.2) is 10.1 Å². The van der Waals surface area contributed by atoms with E-state index in [1.54, 1.807) is 30.5 Å². The molecule has 146 valence electrons. The largest absolute Gasteiger partial charge is 0.467 e. The fraction of sp³-hybridized carbons (Fsp3) is 0.263. The lowest BCUT2D eigenvalue weighted by atomic mass is 10.1. The number of furan rings is 1. The highest BCUT2D eigenvalue weighted by molar-refractivity contribution is 8.01. The summed E-state index contributed by atoms with van der Waals surface area (Å²) in [5, 5.41) is 14.8. The van der Waals surface area contributed by atoms with Gasteiger partial charge in [0.25, 0.3) is 0 Å². The summed E-state index contributed by atoms with van der Waals surface area (Å²) in [5.41, 5.74) is 1.27. The average Bonchev–Trinajstić information content (AvgIpc) is 3.36. The van der Waals surface area contributed by atoms with Crippen LogP contribution in [0.2, 0.25) is 0 Å². The van der Waals surface area contributed by atoms with Crippen LogP contribution in [0.4, 0.5) is 10.8 Å². The lowest BCUT2D eigenvalue weighted by Gasteiger charge is -2.08. The number of carbonyl (C=O) groups is 2. The van der Waals surface area contributed by atoms with E-state index in [-0.39, 0.29) is 23.4 Å². The number of ketones is 1. The van der Waals surface area contributed by atoms with Gasteiger partial charge >= 0.3 is 0 Å². The van der Waals surface area contributed by atoms with Crippen LogP contribution in [-0.2, 0) is 11.3 Å². The number of hydrogen-bond donors (Lipinski definition) is 2. The minimum atomic E-state index is -0.0944. The van der Waals surface area contributed by atoms with E-state index in [4.69, 9.17) is 4.42 Å². The quantitative estimate of drug-likeness (QED) is 0.396. The Labute approximate surface area is 170 Å². The van der Waals surface area contributed by atoms with Gasteiger partial charge in [0.1, 0.15) is 5.76 Å². The second kappa shape index (κ2) is 9.52. The minimum Gasteiger partial charge on any atom is -0.467 e. The molecule has 0 unspecified atom stereocenters. The number of nitrogens with zero attached hydrogens (tertiary/aromatic N) is 2. The molecular formula is C19H20N4O3S2. The molecule has 1 amide bonds.